The maximum Gasteiger partial charge on any atom is 0.295 e. The van der Waals surface area contributed by atoms with Gasteiger partial charge >= 0.3 is 0 Å². The number of H-pyrrole nitrogens is 1. The van der Waals surface area contributed by atoms with E-state index in [1.165, 1.54) is 4.57 Å². The summed E-state index contributed by atoms with van der Waals surface area (Å²) in [6.07, 6.45) is 3.58. The molecule has 8 heteroatoms. The van der Waals surface area contributed by atoms with Crippen LogP contribution in [0.4, 0.5) is 5.82 Å². The van der Waals surface area contributed by atoms with E-state index in [9.17, 15) is 9.59 Å². The highest BCUT2D eigenvalue weighted by molar-refractivity contribution is 5.83. The van der Waals surface area contributed by atoms with Gasteiger partial charge in [0.05, 0.1) is 0 Å². The zero-order chi connectivity index (χ0) is 27.2. The van der Waals surface area contributed by atoms with Crippen molar-refractivity contribution in [2.75, 3.05) is 5.43 Å². The highest BCUT2D eigenvalue weighted by Gasteiger charge is 2.15. The van der Waals surface area contributed by atoms with Crippen LogP contribution >= 0.6 is 0 Å². The number of hydrogen-bond acceptors (Lipinski definition) is 5. The van der Waals surface area contributed by atoms with Crippen molar-refractivity contribution in [3.05, 3.63) is 130 Å². The van der Waals surface area contributed by atoms with Crippen molar-refractivity contribution >= 4 is 22.6 Å². The van der Waals surface area contributed by atoms with Crippen molar-refractivity contribution in [2.45, 2.75) is 40.0 Å². The number of aromatic nitrogens is 3. The van der Waals surface area contributed by atoms with Gasteiger partial charge in [-0.15, -0.1) is 0 Å². The molecule has 1 amide bonds. The molecule has 0 fully saturated rings. The Kier molecular flexibility index (Phi) is 7.84. The molecule has 0 bridgehead atoms. The van der Waals surface area contributed by atoms with Crippen molar-refractivity contribution in [3.8, 4) is 0 Å². The Morgan fingerprint density at radius 2 is 1.59 bits per heavy atom. The molecule has 0 aliphatic rings. The van der Waals surface area contributed by atoms with E-state index in [-0.39, 0.29) is 23.8 Å². The van der Waals surface area contributed by atoms with Crippen LogP contribution in [0, 0.1) is 13.8 Å². The van der Waals surface area contributed by atoms with Gasteiger partial charge in [-0.3, -0.25) is 19.6 Å². The summed E-state index contributed by atoms with van der Waals surface area (Å²) in [5.41, 5.74) is 8.90. The van der Waals surface area contributed by atoms with Gasteiger partial charge in [0.25, 0.3) is 5.56 Å². The smallest absolute Gasteiger partial charge is 0.295 e. The first-order chi connectivity index (χ1) is 19.0. The molecule has 3 aromatic carbocycles. The van der Waals surface area contributed by atoms with Gasteiger partial charge < -0.3 is 10.3 Å². The first kappa shape index (κ1) is 25.9. The second-order valence-electron chi connectivity index (χ2n) is 9.71. The van der Waals surface area contributed by atoms with Crippen molar-refractivity contribution in [1.82, 2.24) is 24.9 Å². The molecule has 8 nitrogen and oxygen atoms in total. The zero-order valence-electron chi connectivity index (χ0n) is 22.1. The zero-order valence-corrected chi connectivity index (χ0v) is 22.1. The molecule has 39 heavy (non-hydrogen) atoms. The fourth-order valence-electron chi connectivity index (χ4n) is 4.55. The lowest BCUT2D eigenvalue weighted by Crippen LogP contribution is -2.37. The SMILES string of the molecule is Cc1c[nH]c2ccc(CNC(=O)Cn3c(C)cnc(NN(Cc4ccccc4)Cc4ccccc4)c3=O)cc12. The molecule has 5 rings (SSSR count). The topological polar surface area (TPSA) is 95.0 Å². The fourth-order valence-corrected chi connectivity index (χ4v) is 4.55. The minimum absolute atomic E-state index is 0.0926. The highest BCUT2D eigenvalue weighted by Crippen LogP contribution is 2.19. The molecule has 0 unspecified atom stereocenters. The number of rotatable bonds is 10. The molecule has 0 radical (unpaired) electrons. The minimum atomic E-state index is -0.347. The Labute approximate surface area is 227 Å². The number of hydrazine groups is 1. The lowest BCUT2D eigenvalue weighted by atomic mass is 10.1. The lowest BCUT2D eigenvalue weighted by Gasteiger charge is -2.24. The van der Waals surface area contributed by atoms with Gasteiger partial charge in [0, 0.05) is 48.6 Å². The molecule has 2 heterocycles. The van der Waals surface area contributed by atoms with E-state index in [0.29, 0.717) is 25.3 Å². The van der Waals surface area contributed by atoms with Crippen LogP contribution in [0.3, 0.4) is 0 Å². The van der Waals surface area contributed by atoms with Crippen molar-refractivity contribution in [2.24, 2.45) is 0 Å². The number of anilines is 1. The maximum atomic E-state index is 13.4. The van der Waals surface area contributed by atoms with Gasteiger partial charge in [-0.2, -0.15) is 0 Å². The molecule has 198 valence electrons. The molecule has 5 aromatic rings. The van der Waals surface area contributed by atoms with Gasteiger partial charge in [0.2, 0.25) is 11.7 Å². The molecular weight excluding hydrogens is 488 g/mol. The lowest BCUT2D eigenvalue weighted by molar-refractivity contribution is -0.121. The van der Waals surface area contributed by atoms with Gasteiger partial charge in [-0.05, 0) is 48.2 Å². The summed E-state index contributed by atoms with van der Waals surface area (Å²) < 4.78 is 1.45. The van der Waals surface area contributed by atoms with Crippen molar-refractivity contribution < 1.29 is 4.79 Å². The van der Waals surface area contributed by atoms with Crippen LogP contribution in [-0.4, -0.2) is 25.5 Å². The monoisotopic (exact) mass is 520 g/mol. The quantitative estimate of drug-likeness (QED) is 0.232. The second-order valence-corrected chi connectivity index (χ2v) is 9.71. The number of hydrogen-bond donors (Lipinski definition) is 3. The Balaban J connectivity index is 1.30. The summed E-state index contributed by atoms with van der Waals surface area (Å²) in [5.74, 6) is -0.0673. The van der Waals surface area contributed by atoms with Crippen molar-refractivity contribution in [1.29, 1.82) is 0 Å². The second kappa shape index (κ2) is 11.8. The normalized spacial score (nSPS) is 11.2. The van der Waals surface area contributed by atoms with Gasteiger partial charge in [-0.25, -0.2) is 9.99 Å². The summed E-state index contributed by atoms with van der Waals surface area (Å²) in [6.45, 7) is 5.24. The first-order valence-corrected chi connectivity index (χ1v) is 13.0. The van der Waals surface area contributed by atoms with Gasteiger partial charge in [0.1, 0.15) is 6.54 Å². The molecule has 3 N–H and O–H groups in total. The summed E-state index contributed by atoms with van der Waals surface area (Å²) in [6, 6.07) is 26.1. The summed E-state index contributed by atoms with van der Waals surface area (Å²) >= 11 is 0. The molecule has 0 aliphatic heterocycles. The number of nitrogens with zero attached hydrogens (tertiary/aromatic N) is 3. The van der Waals surface area contributed by atoms with E-state index in [2.05, 4.69) is 26.8 Å². The summed E-state index contributed by atoms with van der Waals surface area (Å²) in [7, 11) is 0. The van der Waals surface area contributed by atoms with Gasteiger partial charge in [-0.1, -0.05) is 66.7 Å². The van der Waals surface area contributed by atoms with Crippen LogP contribution in [-0.2, 0) is 31.0 Å². The van der Waals surface area contributed by atoms with Crippen LogP contribution < -0.4 is 16.3 Å². The van der Waals surface area contributed by atoms with E-state index in [4.69, 9.17) is 0 Å². The van der Waals surface area contributed by atoms with E-state index in [0.717, 1.165) is 33.2 Å². The molecule has 0 aliphatic carbocycles. The largest absolute Gasteiger partial charge is 0.361 e. The average Bonchev–Trinajstić information content (AvgIpc) is 3.32. The van der Waals surface area contributed by atoms with E-state index < -0.39 is 0 Å². The predicted molar refractivity (Wildman–Crippen MR) is 154 cm³/mol. The number of carbonyl (C=O) groups excluding carboxylic acids is 1. The molecule has 2 aromatic heterocycles. The number of amides is 1. The highest BCUT2D eigenvalue weighted by atomic mass is 16.2. The van der Waals surface area contributed by atoms with E-state index in [1.54, 1.807) is 13.1 Å². The molecular formula is C31H32N6O2. The number of fused-ring (bicyclic) bond motifs is 1. The third kappa shape index (κ3) is 6.42. The Morgan fingerprint density at radius 3 is 2.26 bits per heavy atom. The Hall–Kier alpha value is -4.69. The molecule has 0 saturated heterocycles. The van der Waals surface area contributed by atoms with E-state index >= 15 is 0 Å². The third-order valence-electron chi connectivity index (χ3n) is 6.69. The standard InChI is InChI=1S/C31H32N6O2/c1-22-16-32-28-14-13-26(15-27(22)28)18-33-29(38)21-37-23(2)17-34-30(31(37)39)35-36(19-24-9-5-3-6-10-24)20-25-11-7-4-8-12-25/h3-17,32H,18-21H2,1-2H3,(H,33,38)(H,34,35). The number of nitrogens with one attached hydrogen (secondary N) is 3. The fraction of sp³-hybridized carbons (Fsp3) is 0.194. The van der Waals surface area contributed by atoms with Crippen LogP contribution in [0.5, 0.6) is 0 Å². The minimum Gasteiger partial charge on any atom is -0.361 e. The predicted octanol–water partition coefficient (Wildman–Crippen LogP) is 4.69. The van der Waals surface area contributed by atoms with Crippen LogP contribution in [0.25, 0.3) is 10.9 Å². The summed E-state index contributed by atoms with van der Waals surface area (Å²) in [4.78, 5) is 33.9. The molecule has 0 spiro atoms. The summed E-state index contributed by atoms with van der Waals surface area (Å²) in [5, 5.41) is 6.03. The maximum absolute atomic E-state index is 13.4. The third-order valence-corrected chi connectivity index (χ3v) is 6.69. The average molecular weight is 521 g/mol. The number of aromatic amines is 1. The van der Waals surface area contributed by atoms with E-state index in [1.807, 2.05) is 90.9 Å². The number of carbonyl (C=O) groups is 1. The Morgan fingerprint density at radius 1 is 0.923 bits per heavy atom. The number of aryl methyl sites for hydroxylation is 2. The Bertz CT molecular complexity index is 1580. The van der Waals surface area contributed by atoms with Crippen LogP contribution in [0.15, 0.2) is 96.1 Å². The first-order valence-electron chi connectivity index (χ1n) is 13.0. The number of benzene rings is 3. The molecule has 0 atom stereocenters. The van der Waals surface area contributed by atoms with Crippen LogP contribution in [0.2, 0.25) is 0 Å². The van der Waals surface area contributed by atoms with Crippen LogP contribution in [0.1, 0.15) is 27.9 Å². The molecule has 0 saturated carbocycles. The van der Waals surface area contributed by atoms with Gasteiger partial charge in [0.15, 0.2) is 0 Å². The van der Waals surface area contributed by atoms with Crippen molar-refractivity contribution in [3.63, 3.8) is 0 Å².